The van der Waals surface area contributed by atoms with Crippen molar-refractivity contribution in [3.63, 3.8) is 0 Å². The lowest BCUT2D eigenvalue weighted by atomic mass is 10.1. The highest BCUT2D eigenvalue weighted by Gasteiger charge is 2.11. The first-order valence-electron chi connectivity index (χ1n) is 8.35. The number of carbonyl (C=O) groups excluding carboxylic acids is 1. The fraction of sp³-hybridized carbons (Fsp3) is 0.100. The molecule has 0 saturated carbocycles. The summed E-state index contributed by atoms with van der Waals surface area (Å²) in [4.78, 5) is 15.5. The minimum absolute atomic E-state index is 0.222. The second-order valence-corrected chi connectivity index (χ2v) is 5.92. The van der Waals surface area contributed by atoms with Crippen molar-refractivity contribution in [1.29, 1.82) is 0 Å². The second kappa shape index (κ2) is 7.14. The first-order chi connectivity index (χ1) is 12.8. The zero-order valence-corrected chi connectivity index (χ0v) is 14.0. The molecule has 0 bridgehead atoms. The van der Waals surface area contributed by atoms with Crippen molar-refractivity contribution < 1.29 is 9.53 Å². The van der Waals surface area contributed by atoms with Gasteiger partial charge in [0.25, 0.3) is 5.91 Å². The van der Waals surface area contributed by atoms with Gasteiger partial charge in [-0.25, -0.2) is 0 Å². The number of H-pyrrole nitrogens is 2. The number of aromatic nitrogens is 3. The number of para-hydroxylation sites is 1. The van der Waals surface area contributed by atoms with Gasteiger partial charge in [0, 0.05) is 23.6 Å². The van der Waals surface area contributed by atoms with Gasteiger partial charge in [-0.1, -0.05) is 30.3 Å². The third kappa shape index (κ3) is 3.44. The molecular weight excluding hydrogens is 328 g/mol. The Morgan fingerprint density at radius 3 is 2.85 bits per heavy atom. The Kier molecular flexibility index (Phi) is 4.38. The number of rotatable bonds is 6. The summed E-state index contributed by atoms with van der Waals surface area (Å²) in [5.74, 6) is 0.549. The number of ether oxygens (including phenoxy) is 1. The Balaban J connectivity index is 1.36. The largest absolute Gasteiger partial charge is 0.487 e. The molecule has 3 N–H and O–H groups in total. The molecule has 0 aliphatic rings. The SMILES string of the molecule is O=C(NCc1cccc2[nH]ccc12)c1cc(COc2ccccc2)[nH]n1. The lowest BCUT2D eigenvalue weighted by Gasteiger charge is -2.05. The summed E-state index contributed by atoms with van der Waals surface area (Å²) in [6, 6.07) is 19.2. The third-order valence-electron chi connectivity index (χ3n) is 4.13. The lowest BCUT2D eigenvalue weighted by Crippen LogP contribution is -2.23. The van der Waals surface area contributed by atoms with Crippen LogP contribution in [0.3, 0.4) is 0 Å². The summed E-state index contributed by atoms with van der Waals surface area (Å²) in [7, 11) is 0. The van der Waals surface area contributed by atoms with E-state index in [0.717, 1.165) is 27.9 Å². The molecule has 1 amide bonds. The molecule has 0 saturated heterocycles. The minimum Gasteiger partial charge on any atom is -0.487 e. The van der Waals surface area contributed by atoms with E-state index in [9.17, 15) is 4.79 Å². The van der Waals surface area contributed by atoms with Crippen LogP contribution in [0.1, 0.15) is 21.7 Å². The predicted octanol–water partition coefficient (Wildman–Crippen LogP) is 3.40. The number of hydrogen-bond donors (Lipinski definition) is 3. The van der Waals surface area contributed by atoms with Crippen LogP contribution in [0.25, 0.3) is 10.9 Å². The Morgan fingerprint density at radius 1 is 1.08 bits per heavy atom. The highest BCUT2D eigenvalue weighted by atomic mass is 16.5. The monoisotopic (exact) mass is 346 g/mol. The van der Waals surface area contributed by atoms with Gasteiger partial charge in [0.15, 0.2) is 0 Å². The lowest BCUT2D eigenvalue weighted by molar-refractivity contribution is 0.0946. The standard InChI is InChI=1S/C20H18N4O2/c25-20(22-12-14-5-4-8-18-17(14)9-10-21-18)19-11-15(23-24-19)13-26-16-6-2-1-3-7-16/h1-11,21H,12-13H2,(H,22,25)(H,23,24). The number of nitrogens with zero attached hydrogens (tertiary/aromatic N) is 1. The molecule has 0 atom stereocenters. The molecule has 2 heterocycles. The Morgan fingerprint density at radius 2 is 1.96 bits per heavy atom. The number of nitrogens with one attached hydrogen (secondary N) is 3. The van der Waals surface area contributed by atoms with Crippen molar-refractivity contribution in [3.8, 4) is 5.75 Å². The van der Waals surface area contributed by atoms with E-state index in [1.54, 1.807) is 6.07 Å². The van der Waals surface area contributed by atoms with Crippen LogP contribution in [0.5, 0.6) is 5.75 Å². The van der Waals surface area contributed by atoms with E-state index in [1.165, 1.54) is 0 Å². The van der Waals surface area contributed by atoms with E-state index in [-0.39, 0.29) is 5.91 Å². The van der Waals surface area contributed by atoms with Gasteiger partial charge in [-0.05, 0) is 35.9 Å². The fourth-order valence-electron chi connectivity index (χ4n) is 2.80. The normalized spacial score (nSPS) is 10.8. The van der Waals surface area contributed by atoms with Crippen LogP contribution in [0.4, 0.5) is 0 Å². The smallest absolute Gasteiger partial charge is 0.272 e. The first kappa shape index (κ1) is 16.0. The van der Waals surface area contributed by atoms with E-state index >= 15 is 0 Å². The molecule has 0 fully saturated rings. The summed E-state index contributed by atoms with van der Waals surface area (Å²) < 4.78 is 5.65. The highest BCUT2D eigenvalue weighted by molar-refractivity contribution is 5.92. The highest BCUT2D eigenvalue weighted by Crippen LogP contribution is 2.17. The van der Waals surface area contributed by atoms with Gasteiger partial charge in [0.05, 0.1) is 5.69 Å². The minimum atomic E-state index is -0.222. The molecule has 2 aromatic heterocycles. The van der Waals surface area contributed by atoms with Crippen LogP contribution in [0, 0.1) is 0 Å². The molecule has 130 valence electrons. The maximum Gasteiger partial charge on any atom is 0.272 e. The average molecular weight is 346 g/mol. The van der Waals surface area contributed by atoms with E-state index in [0.29, 0.717) is 18.8 Å². The molecule has 26 heavy (non-hydrogen) atoms. The van der Waals surface area contributed by atoms with Crippen LogP contribution < -0.4 is 10.1 Å². The van der Waals surface area contributed by atoms with Crippen LogP contribution in [0.2, 0.25) is 0 Å². The van der Waals surface area contributed by atoms with Gasteiger partial charge in [-0.15, -0.1) is 0 Å². The van der Waals surface area contributed by atoms with E-state index in [2.05, 4.69) is 20.5 Å². The summed E-state index contributed by atoms with van der Waals surface area (Å²) in [6.07, 6.45) is 1.89. The molecular formula is C20H18N4O2. The number of fused-ring (bicyclic) bond motifs is 1. The topological polar surface area (TPSA) is 82.8 Å². The maximum absolute atomic E-state index is 12.3. The van der Waals surface area contributed by atoms with Crippen LogP contribution in [-0.2, 0) is 13.2 Å². The molecule has 0 spiro atoms. The zero-order valence-electron chi connectivity index (χ0n) is 14.0. The molecule has 6 nitrogen and oxygen atoms in total. The fourth-order valence-corrected chi connectivity index (χ4v) is 2.80. The van der Waals surface area contributed by atoms with Crippen LogP contribution in [0.15, 0.2) is 66.9 Å². The summed E-state index contributed by atoms with van der Waals surface area (Å²) in [5, 5.41) is 10.9. The zero-order chi connectivity index (χ0) is 17.8. The molecule has 0 radical (unpaired) electrons. The van der Waals surface area contributed by atoms with E-state index < -0.39 is 0 Å². The summed E-state index contributed by atoms with van der Waals surface area (Å²) in [6.45, 7) is 0.768. The van der Waals surface area contributed by atoms with Crippen molar-refractivity contribution in [1.82, 2.24) is 20.5 Å². The van der Waals surface area contributed by atoms with Crippen molar-refractivity contribution in [2.45, 2.75) is 13.2 Å². The molecule has 0 unspecified atom stereocenters. The molecule has 0 aliphatic carbocycles. The Labute approximate surface area is 150 Å². The van der Waals surface area contributed by atoms with Crippen LogP contribution >= 0.6 is 0 Å². The van der Waals surface area contributed by atoms with E-state index in [4.69, 9.17) is 4.74 Å². The van der Waals surface area contributed by atoms with Gasteiger partial charge < -0.3 is 15.0 Å². The van der Waals surface area contributed by atoms with Crippen molar-refractivity contribution in [2.24, 2.45) is 0 Å². The first-order valence-corrected chi connectivity index (χ1v) is 8.35. The van der Waals surface area contributed by atoms with Crippen molar-refractivity contribution in [3.05, 3.63) is 83.8 Å². The number of hydrogen-bond acceptors (Lipinski definition) is 3. The summed E-state index contributed by atoms with van der Waals surface area (Å²) >= 11 is 0. The quantitative estimate of drug-likeness (QED) is 0.500. The summed E-state index contributed by atoms with van der Waals surface area (Å²) in [5.41, 5.74) is 3.20. The van der Waals surface area contributed by atoms with Crippen molar-refractivity contribution in [2.75, 3.05) is 0 Å². The van der Waals surface area contributed by atoms with Crippen molar-refractivity contribution >= 4 is 16.8 Å². The predicted molar refractivity (Wildman–Crippen MR) is 98.8 cm³/mol. The number of amides is 1. The van der Waals surface area contributed by atoms with E-state index in [1.807, 2.05) is 60.8 Å². The average Bonchev–Trinajstić information content (AvgIpc) is 3.35. The molecule has 0 aliphatic heterocycles. The molecule has 4 rings (SSSR count). The third-order valence-corrected chi connectivity index (χ3v) is 4.13. The van der Waals surface area contributed by atoms with Gasteiger partial charge in [0.2, 0.25) is 0 Å². The Bertz CT molecular complexity index is 1020. The molecule has 6 heteroatoms. The number of carbonyl (C=O) groups is 1. The maximum atomic E-state index is 12.3. The second-order valence-electron chi connectivity index (χ2n) is 5.92. The Hall–Kier alpha value is -3.54. The number of benzene rings is 2. The van der Waals surface area contributed by atoms with Gasteiger partial charge in [-0.2, -0.15) is 5.10 Å². The van der Waals surface area contributed by atoms with Crippen LogP contribution in [-0.4, -0.2) is 21.1 Å². The molecule has 4 aromatic rings. The van der Waals surface area contributed by atoms with Gasteiger partial charge in [0.1, 0.15) is 18.1 Å². The molecule has 2 aromatic carbocycles. The number of aromatic amines is 2. The van der Waals surface area contributed by atoms with Gasteiger partial charge >= 0.3 is 0 Å². The van der Waals surface area contributed by atoms with Gasteiger partial charge in [-0.3, -0.25) is 9.89 Å².